The number of hydrogen-bond acceptors (Lipinski definition) is 4. The summed E-state index contributed by atoms with van der Waals surface area (Å²) < 4.78 is 5.36. The lowest BCUT2D eigenvalue weighted by Gasteiger charge is -2.34. The zero-order valence-electron chi connectivity index (χ0n) is 11.4. The maximum Gasteiger partial charge on any atom is 0.270 e. The van der Waals surface area contributed by atoms with Gasteiger partial charge in [0.05, 0.1) is 25.3 Å². The Kier molecular flexibility index (Phi) is 4.39. The third-order valence-corrected chi connectivity index (χ3v) is 3.45. The summed E-state index contributed by atoms with van der Waals surface area (Å²) in [7, 11) is 1.75. The van der Waals surface area contributed by atoms with Crippen molar-refractivity contribution < 1.29 is 9.53 Å². The molecule has 1 aliphatic carbocycles. The summed E-state index contributed by atoms with van der Waals surface area (Å²) in [6, 6.07) is -0.155. The molecule has 5 nitrogen and oxygen atoms in total. The molecule has 0 aromatic carbocycles. The Hall–Kier alpha value is -1.59. The molecule has 3 N–H and O–H groups in total. The third kappa shape index (κ3) is 2.88. The van der Waals surface area contributed by atoms with Gasteiger partial charge in [-0.2, -0.15) is 0 Å². The summed E-state index contributed by atoms with van der Waals surface area (Å²) in [5, 5.41) is 3.00. The fraction of sp³-hybridized carbons (Fsp3) is 0.500. The van der Waals surface area contributed by atoms with E-state index < -0.39 is 0 Å². The predicted molar refractivity (Wildman–Crippen MR) is 74.3 cm³/mol. The molecular formula is C14H21N3O2. The van der Waals surface area contributed by atoms with Crippen LogP contribution in [0.25, 0.3) is 0 Å². The number of morpholine rings is 1. The van der Waals surface area contributed by atoms with Gasteiger partial charge in [0.1, 0.15) is 5.70 Å². The van der Waals surface area contributed by atoms with Gasteiger partial charge in [-0.25, -0.2) is 0 Å². The SMILES string of the molecule is CN/C(C(=O)N1CCOC[C@@H]1C)=C1/C=CC=CC1N. The van der Waals surface area contributed by atoms with E-state index in [9.17, 15) is 4.79 Å². The van der Waals surface area contributed by atoms with Gasteiger partial charge in [0, 0.05) is 19.2 Å². The smallest absolute Gasteiger partial charge is 0.270 e. The highest BCUT2D eigenvalue weighted by Gasteiger charge is 2.28. The van der Waals surface area contributed by atoms with Crippen LogP contribution in [-0.4, -0.2) is 49.7 Å². The molecule has 1 fully saturated rings. The fourth-order valence-electron chi connectivity index (χ4n) is 2.36. The van der Waals surface area contributed by atoms with Crippen LogP contribution in [-0.2, 0) is 9.53 Å². The molecule has 1 unspecified atom stereocenters. The fourth-order valence-corrected chi connectivity index (χ4v) is 2.36. The van der Waals surface area contributed by atoms with Crippen LogP contribution in [0.4, 0.5) is 0 Å². The molecule has 1 heterocycles. The number of nitrogens with one attached hydrogen (secondary N) is 1. The molecule has 0 aromatic heterocycles. The van der Waals surface area contributed by atoms with Gasteiger partial charge in [-0.15, -0.1) is 0 Å². The molecule has 0 aromatic rings. The molecule has 1 aliphatic heterocycles. The van der Waals surface area contributed by atoms with Crippen LogP contribution in [0.15, 0.2) is 35.6 Å². The highest BCUT2D eigenvalue weighted by atomic mass is 16.5. The molecule has 19 heavy (non-hydrogen) atoms. The molecule has 0 radical (unpaired) electrons. The number of carbonyl (C=O) groups is 1. The van der Waals surface area contributed by atoms with Crippen LogP contribution in [0.5, 0.6) is 0 Å². The van der Waals surface area contributed by atoms with E-state index in [4.69, 9.17) is 10.5 Å². The van der Waals surface area contributed by atoms with Crippen molar-refractivity contribution >= 4 is 5.91 Å². The summed E-state index contributed by atoms with van der Waals surface area (Å²) in [6.45, 7) is 3.78. The standard InChI is InChI=1S/C14H21N3O2/c1-10-9-19-8-7-17(10)14(18)13(16-2)11-5-3-4-6-12(11)15/h3-6,10,12,16H,7-9,15H2,1-2H3/b13-11-/t10-,12?/m0/s1. The van der Waals surface area contributed by atoms with Crippen molar-refractivity contribution in [3.63, 3.8) is 0 Å². The van der Waals surface area contributed by atoms with E-state index in [1.807, 2.05) is 36.1 Å². The molecule has 0 bridgehead atoms. The summed E-state index contributed by atoms with van der Waals surface area (Å²) in [6.07, 6.45) is 7.55. The maximum atomic E-state index is 12.6. The molecule has 0 saturated carbocycles. The summed E-state index contributed by atoms with van der Waals surface area (Å²) in [4.78, 5) is 14.5. The van der Waals surface area contributed by atoms with E-state index in [2.05, 4.69) is 5.32 Å². The number of ether oxygens (including phenoxy) is 1. The Balaban J connectivity index is 2.26. The van der Waals surface area contributed by atoms with Crippen LogP contribution in [0.2, 0.25) is 0 Å². The van der Waals surface area contributed by atoms with Crippen molar-refractivity contribution in [1.82, 2.24) is 10.2 Å². The lowest BCUT2D eigenvalue weighted by atomic mass is 9.99. The van der Waals surface area contributed by atoms with Gasteiger partial charge in [0.25, 0.3) is 5.91 Å². The average Bonchev–Trinajstić information content (AvgIpc) is 2.42. The summed E-state index contributed by atoms with van der Waals surface area (Å²) in [5.74, 6) is -0.0105. The first-order chi connectivity index (χ1) is 9.15. The van der Waals surface area contributed by atoms with Gasteiger partial charge < -0.3 is 20.7 Å². The third-order valence-electron chi connectivity index (χ3n) is 3.45. The second kappa shape index (κ2) is 6.04. The number of nitrogens with zero attached hydrogens (tertiary/aromatic N) is 1. The van der Waals surface area contributed by atoms with Crippen molar-refractivity contribution in [1.29, 1.82) is 0 Å². The van der Waals surface area contributed by atoms with Gasteiger partial charge in [-0.3, -0.25) is 4.79 Å². The van der Waals surface area contributed by atoms with E-state index >= 15 is 0 Å². The largest absolute Gasteiger partial charge is 0.383 e. The van der Waals surface area contributed by atoms with Crippen LogP contribution < -0.4 is 11.1 Å². The minimum Gasteiger partial charge on any atom is -0.383 e. The Bertz CT molecular complexity index is 440. The van der Waals surface area contributed by atoms with Gasteiger partial charge in [0.15, 0.2) is 0 Å². The molecule has 2 atom stereocenters. The Labute approximate surface area is 113 Å². The number of amides is 1. The monoisotopic (exact) mass is 263 g/mol. The lowest BCUT2D eigenvalue weighted by molar-refractivity contribution is -0.135. The first kappa shape index (κ1) is 13.8. The van der Waals surface area contributed by atoms with Crippen LogP contribution in [0.3, 0.4) is 0 Å². The number of carbonyl (C=O) groups excluding carboxylic acids is 1. The molecule has 1 amide bonds. The second-order valence-corrected chi connectivity index (χ2v) is 4.77. The average molecular weight is 263 g/mol. The van der Waals surface area contributed by atoms with Crippen LogP contribution in [0, 0.1) is 0 Å². The second-order valence-electron chi connectivity index (χ2n) is 4.77. The van der Waals surface area contributed by atoms with Crippen molar-refractivity contribution in [2.45, 2.75) is 19.0 Å². The predicted octanol–water partition coefficient (Wildman–Crippen LogP) is 0.161. The Morgan fingerprint density at radius 3 is 2.95 bits per heavy atom. The van der Waals surface area contributed by atoms with Crippen LogP contribution in [0.1, 0.15) is 6.92 Å². The van der Waals surface area contributed by atoms with Gasteiger partial charge in [0.2, 0.25) is 0 Å². The molecular weight excluding hydrogens is 242 g/mol. The normalized spacial score (nSPS) is 29.3. The molecule has 0 spiro atoms. The number of hydrogen-bond donors (Lipinski definition) is 2. The first-order valence-electron chi connectivity index (χ1n) is 6.56. The molecule has 104 valence electrons. The highest BCUT2D eigenvalue weighted by molar-refractivity contribution is 5.94. The van der Waals surface area contributed by atoms with E-state index in [1.54, 1.807) is 7.05 Å². The Morgan fingerprint density at radius 2 is 2.32 bits per heavy atom. The van der Waals surface area contributed by atoms with E-state index in [0.717, 1.165) is 5.57 Å². The molecule has 2 aliphatic rings. The maximum absolute atomic E-state index is 12.6. The number of allylic oxidation sites excluding steroid dienone is 2. The number of likely N-dealkylation sites (N-methyl/N-ethyl adjacent to an activating group) is 1. The zero-order valence-corrected chi connectivity index (χ0v) is 11.4. The Morgan fingerprint density at radius 1 is 1.53 bits per heavy atom. The first-order valence-corrected chi connectivity index (χ1v) is 6.56. The highest BCUT2D eigenvalue weighted by Crippen LogP contribution is 2.17. The molecule has 5 heteroatoms. The van der Waals surface area contributed by atoms with Crippen molar-refractivity contribution in [2.24, 2.45) is 5.73 Å². The van der Waals surface area contributed by atoms with Crippen LogP contribution >= 0.6 is 0 Å². The quantitative estimate of drug-likeness (QED) is 0.697. The topological polar surface area (TPSA) is 67.6 Å². The van der Waals surface area contributed by atoms with Gasteiger partial charge in [-0.05, 0) is 6.92 Å². The van der Waals surface area contributed by atoms with E-state index in [-0.39, 0.29) is 18.0 Å². The van der Waals surface area contributed by atoms with Crippen molar-refractivity contribution in [2.75, 3.05) is 26.8 Å². The minimum absolute atomic E-state index is 0.0105. The van der Waals surface area contributed by atoms with Gasteiger partial charge in [-0.1, -0.05) is 24.3 Å². The van der Waals surface area contributed by atoms with E-state index in [0.29, 0.717) is 25.5 Å². The zero-order chi connectivity index (χ0) is 13.8. The lowest BCUT2D eigenvalue weighted by Crippen LogP contribution is -2.49. The molecule has 1 saturated heterocycles. The molecule has 2 rings (SSSR count). The van der Waals surface area contributed by atoms with E-state index in [1.165, 1.54) is 0 Å². The summed E-state index contributed by atoms with van der Waals surface area (Å²) >= 11 is 0. The summed E-state index contributed by atoms with van der Waals surface area (Å²) in [5.41, 5.74) is 7.42. The number of nitrogens with two attached hydrogens (primary N) is 1. The van der Waals surface area contributed by atoms with Crippen molar-refractivity contribution in [3.8, 4) is 0 Å². The number of rotatable bonds is 2. The van der Waals surface area contributed by atoms with Gasteiger partial charge >= 0.3 is 0 Å². The minimum atomic E-state index is -0.243. The van der Waals surface area contributed by atoms with Crippen molar-refractivity contribution in [3.05, 3.63) is 35.6 Å².